The minimum absolute atomic E-state index is 0.0696. The van der Waals surface area contributed by atoms with Crippen molar-refractivity contribution >= 4 is 23.5 Å². The van der Waals surface area contributed by atoms with Crippen molar-refractivity contribution < 1.29 is 19.5 Å². The molecule has 1 fully saturated rings. The first-order chi connectivity index (χ1) is 10.1. The Morgan fingerprint density at radius 2 is 1.90 bits per heavy atom. The third-order valence-electron chi connectivity index (χ3n) is 3.88. The fraction of sp³-hybridized carbons (Fsp3) is 0.267. The number of hydrazine groups is 1. The van der Waals surface area contributed by atoms with Crippen molar-refractivity contribution in [2.45, 2.75) is 12.8 Å². The molecule has 0 aromatic heterocycles. The van der Waals surface area contributed by atoms with E-state index >= 15 is 0 Å². The molecule has 6 heteroatoms. The lowest BCUT2D eigenvalue weighted by molar-refractivity contribution is -0.139. The van der Waals surface area contributed by atoms with E-state index in [9.17, 15) is 14.4 Å². The van der Waals surface area contributed by atoms with Gasteiger partial charge in [0.05, 0.1) is 23.1 Å². The number of nitrogens with zero attached hydrogens (tertiary/aromatic N) is 1. The van der Waals surface area contributed by atoms with Crippen molar-refractivity contribution in [3.05, 3.63) is 42.0 Å². The molecule has 6 nitrogen and oxygen atoms in total. The Hall–Kier alpha value is -2.63. The number of carbonyl (C=O) groups is 3. The van der Waals surface area contributed by atoms with Gasteiger partial charge in [-0.25, -0.2) is 9.80 Å². The zero-order valence-electron chi connectivity index (χ0n) is 11.2. The monoisotopic (exact) mass is 286 g/mol. The van der Waals surface area contributed by atoms with Crippen LogP contribution in [0.4, 0.5) is 5.69 Å². The maximum Gasteiger partial charge on any atom is 0.335 e. The number of carboxylic acids is 1. The van der Waals surface area contributed by atoms with Crippen LogP contribution in [-0.2, 0) is 9.59 Å². The van der Waals surface area contributed by atoms with E-state index in [1.54, 1.807) is 12.1 Å². The van der Waals surface area contributed by atoms with Crippen LogP contribution in [0.1, 0.15) is 23.2 Å². The highest BCUT2D eigenvalue weighted by atomic mass is 16.4. The van der Waals surface area contributed by atoms with Gasteiger partial charge in [-0.3, -0.25) is 15.0 Å². The highest BCUT2D eigenvalue weighted by Gasteiger charge is 2.42. The van der Waals surface area contributed by atoms with Gasteiger partial charge in [0.1, 0.15) is 0 Å². The van der Waals surface area contributed by atoms with Gasteiger partial charge in [0.2, 0.25) is 11.8 Å². The minimum atomic E-state index is -1.08. The zero-order chi connectivity index (χ0) is 15.0. The Kier molecular flexibility index (Phi) is 3.21. The lowest BCUT2D eigenvalue weighted by Gasteiger charge is -2.38. The van der Waals surface area contributed by atoms with Crippen LogP contribution in [0, 0.1) is 11.8 Å². The molecule has 1 aliphatic carbocycles. The van der Waals surface area contributed by atoms with Crippen LogP contribution >= 0.6 is 0 Å². The van der Waals surface area contributed by atoms with Gasteiger partial charge in [-0.1, -0.05) is 18.2 Å². The number of benzene rings is 1. The number of nitrogens with one attached hydrogen (secondary N) is 1. The van der Waals surface area contributed by atoms with Crippen molar-refractivity contribution in [1.82, 2.24) is 5.43 Å². The predicted molar refractivity (Wildman–Crippen MR) is 74.4 cm³/mol. The lowest BCUT2D eigenvalue weighted by Crippen LogP contribution is -2.59. The standard InChI is InChI=1S/C15H14N2O4/c18-13-11-6-1-2-7-12(11)14(19)17(16-13)10-5-3-4-9(8-10)15(20)21/h1-5,8,11-12H,6-7H2,(H,16,18)(H,20,21)/t11-,12-/m0/s1. The number of rotatable bonds is 2. The van der Waals surface area contributed by atoms with E-state index in [0.29, 0.717) is 18.5 Å². The predicted octanol–water partition coefficient (Wildman–Crippen LogP) is 1.34. The van der Waals surface area contributed by atoms with Crippen molar-refractivity contribution in [2.24, 2.45) is 11.8 Å². The minimum Gasteiger partial charge on any atom is -0.478 e. The summed E-state index contributed by atoms with van der Waals surface area (Å²) in [5.74, 6) is -2.19. The molecule has 2 amide bonds. The van der Waals surface area contributed by atoms with Gasteiger partial charge < -0.3 is 5.11 Å². The molecule has 0 saturated carbocycles. The molecular formula is C15H14N2O4. The summed E-state index contributed by atoms with van der Waals surface area (Å²) >= 11 is 0. The summed E-state index contributed by atoms with van der Waals surface area (Å²) in [6, 6.07) is 5.96. The quantitative estimate of drug-likeness (QED) is 0.803. The van der Waals surface area contributed by atoms with Gasteiger partial charge in [0.15, 0.2) is 0 Å². The maximum absolute atomic E-state index is 12.5. The van der Waals surface area contributed by atoms with Crippen LogP contribution in [0.5, 0.6) is 0 Å². The van der Waals surface area contributed by atoms with E-state index in [2.05, 4.69) is 5.43 Å². The lowest BCUT2D eigenvalue weighted by atomic mass is 9.80. The number of allylic oxidation sites excluding steroid dienone is 2. The summed E-state index contributed by atoms with van der Waals surface area (Å²) in [6.45, 7) is 0. The molecule has 1 aromatic carbocycles. The summed E-state index contributed by atoms with van der Waals surface area (Å²) < 4.78 is 0. The molecule has 108 valence electrons. The van der Waals surface area contributed by atoms with Crippen molar-refractivity contribution in [3.63, 3.8) is 0 Å². The molecule has 21 heavy (non-hydrogen) atoms. The summed E-state index contributed by atoms with van der Waals surface area (Å²) in [7, 11) is 0. The number of carbonyl (C=O) groups excluding carboxylic acids is 2. The van der Waals surface area contributed by atoms with Crippen molar-refractivity contribution in [3.8, 4) is 0 Å². The van der Waals surface area contributed by atoms with Gasteiger partial charge >= 0.3 is 5.97 Å². The highest BCUT2D eigenvalue weighted by molar-refractivity contribution is 6.04. The second-order valence-electron chi connectivity index (χ2n) is 5.16. The smallest absolute Gasteiger partial charge is 0.335 e. The Bertz CT molecular complexity index is 653. The SMILES string of the molecule is O=C(O)c1cccc(N2NC(=O)[C@H]3CC=CC[C@@H]3C2=O)c1. The van der Waals surface area contributed by atoms with E-state index in [1.807, 2.05) is 12.2 Å². The van der Waals surface area contributed by atoms with E-state index in [-0.39, 0.29) is 29.2 Å². The number of amides is 2. The third kappa shape index (κ3) is 2.29. The number of fused-ring (bicyclic) bond motifs is 1. The largest absolute Gasteiger partial charge is 0.478 e. The summed E-state index contributed by atoms with van der Waals surface area (Å²) in [4.78, 5) is 35.6. The molecule has 0 spiro atoms. The molecule has 1 saturated heterocycles. The Balaban J connectivity index is 1.94. The Morgan fingerprint density at radius 3 is 2.62 bits per heavy atom. The fourth-order valence-electron chi connectivity index (χ4n) is 2.76. The Morgan fingerprint density at radius 1 is 1.19 bits per heavy atom. The summed E-state index contributed by atoms with van der Waals surface area (Å²) in [5.41, 5.74) is 3.00. The molecule has 3 rings (SSSR count). The molecule has 0 radical (unpaired) electrons. The first-order valence-corrected chi connectivity index (χ1v) is 6.71. The van der Waals surface area contributed by atoms with E-state index < -0.39 is 5.97 Å². The van der Waals surface area contributed by atoms with Gasteiger partial charge in [-0.15, -0.1) is 0 Å². The molecule has 0 unspecified atom stereocenters. The van der Waals surface area contributed by atoms with Gasteiger partial charge in [-0.05, 0) is 31.0 Å². The molecule has 2 N–H and O–H groups in total. The number of carboxylic acid groups (broad SMARTS) is 1. The van der Waals surface area contributed by atoms with Gasteiger partial charge in [0.25, 0.3) is 0 Å². The number of aromatic carboxylic acids is 1. The number of hydrogen-bond acceptors (Lipinski definition) is 3. The molecule has 0 bridgehead atoms. The Labute approximate surface area is 121 Å². The average molecular weight is 286 g/mol. The van der Waals surface area contributed by atoms with Crippen LogP contribution < -0.4 is 10.4 Å². The fourth-order valence-corrected chi connectivity index (χ4v) is 2.76. The normalized spacial score (nSPS) is 24.5. The van der Waals surface area contributed by atoms with Crippen LogP contribution in [0.15, 0.2) is 36.4 Å². The molecule has 1 aliphatic heterocycles. The average Bonchev–Trinajstić information content (AvgIpc) is 2.51. The van der Waals surface area contributed by atoms with E-state index in [0.717, 1.165) is 5.01 Å². The molecule has 1 heterocycles. The third-order valence-corrected chi connectivity index (χ3v) is 3.88. The van der Waals surface area contributed by atoms with Crippen LogP contribution in [0.2, 0.25) is 0 Å². The second kappa shape index (κ2) is 5.05. The first kappa shape index (κ1) is 13.4. The van der Waals surface area contributed by atoms with Crippen LogP contribution in [0.3, 0.4) is 0 Å². The summed E-state index contributed by atoms with van der Waals surface area (Å²) in [5, 5.41) is 10.2. The summed E-state index contributed by atoms with van der Waals surface area (Å²) in [6.07, 6.45) is 4.91. The van der Waals surface area contributed by atoms with Crippen molar-refractivity contribution in [1.29, 1.82) is 0 Å². The van der Waals surface area contributed by atoms with Crippen LogP contribution in [0.25, 0.3) is 0 Å². The van der Waals surface area contributed by atoms with Crippen LogP contribution in [-0.4, -0.2) is 22.9 Å². The molecular weight excluding hydrogens is 272 g/mol. The van der Waals surface area contributed by atoms with Crippen molar-refractivity contribution in [2.75, 3.05) is 5.01 Å². The van der Waals surface area contributed by atoms with Gasteiger partial charge in [-0.2, -0.15) is 0 Å². The number of hydrogen-bond donors (Lipinski definition) is 2. The zero-order valence-corrected chi connectivity index (χ0v) is 11.2. The molecule has 2 aliphatic rings. The highest BCUT2D eigenvalue weighted by Crippen LogP contribution is 2.32. The van der Waals surface area contributed by atoms with E-state index in [1.165, 1.54) is 12.1 Å². The molecule has 1 aromatic rings. The maximum atomic E-state index is 12.5. The molecule has 2 atom stereocenters. The number of anilines is 1. The van der Waals surface area contributed by atoms with Gasteiger partial charge in [0, 0.05) is 0 Å². The topological polar surface area (TPSA) is 86.7 Å². The first-order valence-electron chi connectivity index (χ1n) is 6.71. The van der Waals surface area contributed by atoms with E-state index in [4.69, 9.17) is 5.11 Å². The second-order valence-corrected chi connectivity index (χ2v) is 5.16.